The van der Waals surface area contributed by atoms with E-state index in [1.807, 2.05) is 6.07 Å². The van der Waals surface area contributed by atoms with E-state index >= 15 is 0 Å². The monoisotopic (exact) mass is 254 g/mol. The molecule has 0 heterocycles. The molecule has 1 aliphatic rings. The van der Waals surface area contributed by atoms with Crippen LogP contribution in [0.1, 0.15) is 25.8 Å². The molecular formula is C13H18O3S. The summed E-state index contributed by atoms with van der Waals surface area (Å²) in [6, 6.07) is 6.94. The van der Waals surface area contributed by atoms with E-state index in [0.29, 0.717) is 4.90 Å². The van der Waals surface area contributed by atoms with Crippen LogP contribution < -0.4 is 0 Å². The molecule has 1 aromatic carbocycles. The van der Waals surface area contributed by atoms with Gasteiger partial charge in [-0.3, -0.25) is 0 Å². The van der Waals surface area contributed by atoms with Crippen molar-refractivity contribution in [2.24, 2.45) is 5.41 Å². The molecule has 0 radical (unpaired) electrons. The lowest BCUT2D eigenvalue weighted by atomic mass is 9.89. The van der Waals surface area contributed by atoms with Crippen LogP contribution >= 0.6 is 0 Å². The molecule has 1 aliphatic carbocycles. The molecule has 1 atom stereocenters. The van der Waals surface area contributed by atoms with E-state index in [2.05, 4.69) is 13.8 Å². The second kappa shape index (κ2) is 3.56. The zero-order chi connectivity index (χ0) is 12.9. The van der Waals surface area contributed by atoms with E-state index < -0.39 is 9.84 Å². The van der Waals surface area contributed by atoms with Crippen LogP contribution in [0, 0.1) is 5.41 Å². The predicted octanol–water partition coefficient (Wildman–Crippen LogP) is 1.75. The van der Waals surface area contributed by atoms with Crippen LogP contribution in [0.2, 0.25) is 0 Å². The zero-order valence-corrected chi connectivity index (χ0v) is 11.2. The number of aliphatic hydroxyl groups is 1. The highest BCUT2D eigenvalue weighted by atomic mass is 32.2. The summed E-state index contributed by atoms with van der Waals surface area (Å²) >= 11 is 0. The van der Waals surface area contributed by atoms with Gasteiger partial charge < -0.3 is 5.11 Å². The summed E-state index contributed by atoms with van der Waals surface area (Å²) in [6.45, 7) is 4.25. The second-order valence-corrected chi connectivity index (χ2v) is 7.62. The van der Waals surface area contributed by atoms with E-state index in [1.165, 1.54) is 6.26 Å². The van der Waals surface area contributed by atoms with Gasteiger partial charge in [0, 0.05) is 11.7 Å². The van der Waals surface area contributed by atoms with Gasteiger partial charge in [0.1, 0.15) is 0 Å². The molecule has 0 bridgehead atoms. The van der Waals surface area contributed by atoms with Gasteiger partial charge in [0.15, 0.2) is 9.84 Å². The molecule has 17 heavy (non-hydrogen) atoms. The van der Waals surface area contributed by atoms with Crippen molar-refractivity contribution in [3.63, 3.8) is 0 Å². The third kappa shape index (κ3) is 1.89. The molecule has 1 fully saturated rings. The molecule has 1 N–H and O–H groups in total. The average molecular weight is 254 g/mol. The maximum absolute atomic E-state index is 11.5. The summed E-state index contributed by atoms with van der Waals surface area (Å²) in [5.41, 5.74) is 0.693. The summed E-state index contributed by atoms with van der Waals surface area (Å²) in [5, 5.41) is 9.59. The van der Waals surface area contributed by atoms with Gasteiger partial charge >= 0.3 is 0 Å². The van der Waals surface area contributed by atoms with E-state index in [4.69, 9.17) is 0 Å². The summed E-state index contributed by atoms with van der Waals surface area (Å²) in [4.78, 5) is 0.325. The highest BCUT2D eigenvalue weighted by Gasteiger charge is 2.61. The van der Waals surface area contributed by atoms with Crippen molar-refractivity contribution in [2.45, 2.75) is 30.6 Å². The van der Waals surface area contributed by atoms with Gasteiger partial charge in [-0.25, -0.2) is 8.42 Å². The molecule has 94 valence electrons. The number of rotatable bonds is 3. The summed E-state index contributed by atoms with van der Waals surface area (Å²) in [7, 11) is -3.18. The minimum atomic E-state index is -3.18. The van der Waals surface area contributed by atoms with Crippen LogP contribution in [0.5, 0.6) is 0 Å². The lowest BCUT2D eigenvalue weighted by molar-refractivity contribution is 0.231. The molecule has 0 aromatic heterocycles. The summed E-state index contributed by atoms with van der Waals surface area (Å²) in [5.74, 6) is 0. The van der Waals surface area contributed by atoms with Gasteiger partial charge in [0.2, 0.25) is 0 Å². The Bertz CT molecular complexity index is 546. The third-order valence-electron chi connectivity index (χ3n) is 4.00. The number of hydrogen-bond donors (Lipinski definition) is 1. The molecule has 0 saturated heterocycles. The average Bonchev–Trinajstić information content (AvgIpc) is 2.81. The highest BCUT2D eigenvalue weighted by molar-refractivity contribution is 7.90. The quantitative estimate of drug-likeness (QED) is 0.894. The van der Waals surface area contributed by atoms with Crippen molar-refractivity contribution in [3.8, 4) is 0 Å². The van der Waals surface area contributed by atoms with Gasteiger partial charge in [-0.15, -0.1) is 0 Å². The minimum Gasteiger partial charge on any atom is -0.395 e. The Labute approximate surface area is 102 Å². The molecule has 0 amide bonds. The molecule has 4 heteroatoms. The zero-order valence-electron chi connectivity index (χ0n) is 10.4. The largest absolute Gasteiger partial charge is 0.395 e. The lowest BCUT2D eigenvalue weighted by Crippen LogP contribution is -2.19. The summed E-state index contributed by atoms with van der Waals surface area (Å²) in [6.07, 6.45) is 2.10. The molecule has 2 rings (SSSR count). The number of hydrogen-bond acceptors (Lipinski definition) is 3. The molecule has 1 unspecified atom stereocenters. The molecular weight excluding hydrogens is 236 g/mol. The third-order valence-corrected chi connectivity index (χ3v) is 5.11. The van der Waals surface area contributed by atoms with E-state index in [9.17, 15) is 13.5 Å². The second-order valence-electron chi connectivity index (χ2n) is 5.60. The highest BCUT2D eigenvalue weighted by Crippen LogP contribution is 2.64. The smallest absolute Gasteiger partial charge is 0.175 e. The van der Waals surface area contributed by atoms with E-state index in [1.54, 1.807) is 18.2 Å². The standard InChI is InChI=1S/C13H18O3S/c1-12(2)8-13(12,9-14)10-5-4-6-11(7-10)17(3,15)16/h4-7,14H,8-9H2,1-3H3. The fraction of sp³-hybridized carbons (Fsp3) is 0.538. The Hall–Kier alpha value is -0.870. The van der Waals surface area contributed by atoms with Gasteiger partial charge in [0.25, 0.3) is 0 Å². The van der Waals surface area contributed by atoms with Crippen molar-refractivity contribution in [1.29, 1.82) is 0 Å². The van der Waals surface area contributed by atoms with Crippen LogP contribution in [0.25, 0.3) is 0 Å². The first kappa shape index (κ1) is 12.6. The van der Waals surface area contributed by atoms with Crippen LogP contribution in [-0.2, 0) is 15.3 Å². The molecule has 0 aliphatic heterocycles. The first-order valence-corrected chi connectivity index (χ1v) is 7.54. The topological polar surface area (TPSA) is 54.4 Å². The van der Waals surface area contributed by atoms with Crippen molar-refractivity contribution < 1.29 is 13.5 Å². The van der Waals surface area contributed by atoms with Gasteiger partial charge in [0.05, 0.1) is 11.5 Å². The lowest BCUT2D eigenvalue weighted by Gasteiger charge is -2.18. The van der Waals surface area contributed by atoms with Crippen LogP contribution in [-0.4, -0.2) is 26.4 Å². The Morgan fingerprint density at radius 3 is 2.35 bits per heavy atom. The van der Waals surface area contributed by atoms with Gasteiger partial charge in [-0.1, -0.05) is 26.0 Å². The summed E-state index contributed by atoms with van der Waals surface area (Å²) < 4.78 is 23.0. The molecule has 0 spiro atoms. The normalized spacial score (nSPS) is 26.8. The van der Waals surface area contributed by atoms with Crippen molar-refractivity contribution in [2.75, 3.05) is 12.9 Å². The van der Waals surface area contributed by atoms with Crippen LogP contribution in [0.3, 0.4) is 0 Å². The van der Waals surface area contributed by atoms with Crippen LogP contribution in [0.15, 0.2) is 29.2 Å². The molecule has 1 aromatic rings. The van der Waals surface area contributed by atoms with Crippen LogP contribution in [0.4, 0.5) is 0 Å². The fourth-order valence-electron chi connectivity index (χ4n) is 2.59. The SMILES string of the molecule is CC1(C)CC1(CO)c1cccc(S(C)(=O)=O)c1. The maximum atomic E-state index is 11.5. The number of benzene rings is 1. The predicted molar refractivity (Wildman–Crippen MR) is 66.7 cm³/mol. The van der Waals surface area contributed by atoms with E-state index in [0.717, 1.165) is 12.0 Å². The van der Waals surface area contributed by atoms with Gasteiger partial charge in [-0.2, -0.15) is 0 Å². The maximum Gasteiger partial charge on any atom is 0.175 e. The Morgan fingerprint density at radius 2 is 1.94 bits per heavy atom. The van der Waals surface area contributed by atoms with E-state index in [-0.39, 0.29) is 17.4 Å². The van der Waals surface area contributed by atoms with Gasteiger partial charge in [-0.05, 0) is 29.5 Å². The first-order valence-electron chi connectivity index (χ1n) is 5.64. The number of aliphatic hydroxyl groups excluding tert-OH is 1. The Balaban J connectivity index is 2.49. The molecule has 3 nitrogen and oxygen atoms in total. The minimum absolute atomic E-state index is 0.0396. The van der Waals surface area contributed by atoms with Crippen molar-refractivity contribution in [1.82, 2.24) is 0 Å². The fourth-order valence-corrected chi connectivity index (χ4v) is 3.26. The molecule has 1 saturated carbocycles. The Morgan fingerprint density at radius 1 is 1.35 bits per heavy atom. The number of sulfone groups is 1. The van der Waals surface area contributed by atoms with Crippen molar-refractivity contribution in [3.05, 3.63) is 29.8 Å². The Kier molecular flexibility index (Phi) is 2.64. The van der Waals surface area contributed by atoms with Crippen molar-refractivity contribution >= 4 is 9.84 Å². The first-order chi connectivity index (χ1) is 7.73.